The van der Waals surface area contributed by atoms with Crippen molar-refractivity contribution in [1.82, 2.24) is 4.83 Å². The van der Waals surface area contributed by atoms with Gasteiger partial charge >= 0.3 is 0 Å². The topological polar surface area (TPSA) is 78.9 Å². The molecule has 0 aliphatic rings. The molecule has 9 heteroatoms. The molecule has 0 amide bonds. The normalized spacial score (nSPS) is 12.4. The summed E-state index contributed by atoms with van der Waals surface area (Å²) in [5.74, 6) is 0.652. The van der Waals surface area contributed by atoms with Gasteiger partial charge in [-0.3, -0.25) is 0 Å². The zero-order chi connectivity index (χ0) is 20.1. The Morgan fingerprint density at radius 1 is 1.21 bits per heavy atom. The molecule has 1 unspecified atom stereocenters. The van der Waals surface area contributed by atoms with E-state index in [1.807, 2.05) is 6.92 Å². The van der Waals surface area contributed by atoms with Crippen molar-refractivity contribution in [3.63, 3.8) is 0 Å². The standard InChI is InChI=1S/C19H33N2O4S2.Y/c1-4-7-8-9-19(22)17-10-12-18(13-11-17)21(27(23,24)16-5-2)20-26-15-14-25-6-3;/h10-13,19-20,22H,3-9,14-16H2,1-2H3;/q-1;. The average Bonchev–Trinajstić information content (AvgIpc) is 2.64. The first-order valence-electron chi connectivity index (χ1n) is 9.51. The van der Waals surface area contributed by atoms with Crippen LogP contribution < -0.4 is 9.25 Å². The third kappa shape index (κ3) is 10.4. The number of nitrogens with one attached hydrogen (secondary N) is 1. The Morgan fingerprint density at radius 2 is 1.89 bits per heavy atom. The van der Waals surface area contributed by atoms with Crippen LogP contribution >= 0.6 is 11.9 Å². The molecule has 0 aliphatic carbocycles. The number of aliphatic hydroxyl groups is 1. The SMILES string of the molecule is [CH2-]COCCSNN(c1ccc(C(O)CCCCC)cc1)S(=O)(=O)CCC.[Y]. The fraction of sp³-hybridized carbons (Fsp3) is 0.632. The summed E-state index contributed by atoms with van der Waals surface area (Å²) in [5.41, 5.74) is 1.33. The maximum absolute atomic E-state index is 12.6. The van der Waals surface area contributed by atoms with Gasteiger partial charge in [0, 0.05) is 38.5 Å². The molecule has 0 heterocycles. The zero-order valence-corrected chi connectivity index (χ0v) is 21.4. The van der Waals surface area contributed by atoms with Crippen LogP contribution in [-0.2, 0) is 47.5 Å². The molecule has 2 N–H and O–H groups in total. The quantitative estimate of drug-likeness (QED) is 0.163. The third-order valence-corrected chi connectivity index (χ3v) is 6.54. The number of rotatable bonds is 15. The third-order valence-electron chi connectivity index (χ3n) is 3.96. The smallest absolute Gasteiger partial charge is 0.249 e. The number of hydrazine groups is 1. The molecule has 6 nitrogen and oxygen atoms in total. The van der Waals surface area contributed by atoms with Gasteiger partial charge in [0.05, 0.1) is 24.2 Å². The van der Waals surface area contributed by atoms with E-state index in [1.54, 1.807) is 24.3 Å². The maximum atomic E-state index is 12.6. The molecule has 1 aromatic rings. The van der Waals surface area contributed by atoms with Crippen molar-refractivity contribution in [2.75, 3.05) is 29.1 Å². The number of sulfonamides is 1. The van der Waals surface area contributed by atoms with Crippen molar-refractivity contribution in [2.24, 2.45) is 0 Å². The Hall–Kier alpha value is 0.304. The summed E-state index contributed by atoms with van der Waals surface area (Å²) in [5, 5.41) is 10.3. The number of hydrogen-bond acceptors (Lipinski definition) is 6. The number of aliphatic hydroxyl groups excluding tert-OH is 1. The van der Waals surface area contributed by atoms with Crippen LogP contribution in [0.1, 0.15) is 57.6 Å². The van der Waals surface area contributed by atoms with Crippen LogP contribution in [-0.4, -0.2) is 38.2 Å². The van der Waals surface area contributed by atoms with Crippen LogP contribution in [0.25, 0.3) is 0 Å². The summed E-state index contributed by atoms with van der Waals surface area (Å²) in [6, 6.07) is 7.04. The van der Waals surface area contributed by atoms with E-state index in [2.05, 4.69) is 18.7 Å². The van der Waals surface area contributed by atoms with Gasteiger partial charge in [0.15, 0.2) is 0 Å². The average molecular weight is 507 g/mol. The summed E-state index contributed by atoms with van der Waals surface area (Å²) in [4.78, 5) is 2.91. The summed E-state index contributed by atoms with van der Waals surface area (Å²) in [6.07, 6.45) is 3.91. The van der Waals surface area contributed by atoms with Gasteiger partial charge in [-0.2, -0.15) is 9.25 Å². The van der Waals surface area contributed by atoms with Crippen molar-refractivity contribution in [2.45, 2.75) is 52.1 Å². The predicted molar refractivity (Wildman–Crippen MR) is 114 cm³/mol. The van der Waals surface area contributed by atoms with Gasteiger partial charge in [-0.05, 0) is 30.5 Å². The molecular weight excluding hydrogens is 473 g/mol. The Bertz CT molecular complexity index is 615. The molecule has 0 aliphatic heterocycles. The molecule has 1 rings (SSSR count). The van der Waals surface area contributed by atoms with Crippen molar-refractivity contribution in [1.29, 1.82) is 0 Å². The Labute approximate surface area is 200 Å². The summed E-state index contributed by atoms with van der Waals surface area (Å²) >= 11 is 1.27. The fourth-order valence-corrected chi connectivity index (χ4v) is 4.78. The molecule has 0 spiro atoms. The molecule has 1 atom stereocenters. The number of hydrogen-bond donors (Lipinski definition) is 2. The molecule has 0 saturated carbocycles. The van der Waals surface area contributed by atoms with Crippen LogP contribution in [0, 0.1) is 6.92 Å². The zero-order valence-electron chi connectivity index (χ0n) is 17.0. The van der Waals surface area contributed by atoms with Gasteiger partial charge in [-0.15, -0.1) is 0 Å². The first-order chi connectivity index (χ1) is 13.0. The maximum Gasteiger partial charge on any atom is 0.249 e. The summed E-state index contributed by atoms with van der Waals surface area (Å²) in [6.45, 7) is 8.44. The molecule has 28 heavy (non-hydrogen) atoms. The van der Waals surface area contributed by atoms with Crippen molar-refractivity contribution < 1.29 is 51.0 Å². The van der Waals surface area contributed by atoms with E-state index >= 15 is 0 Å². The van der Waals surface area contributed by atoms with E-state index in [0.29, 0.717) is 37.5 Å². The number of benzene rings is 1. The second kappa shape index (κ2) is 16.1. The number of ether oxygens (including phenoxy) is 1. The summed E-state index contributed by atoms with van der Waals surface area (Å²) < 4.78 is 31.6. The van der Waals surface area contributed by atoms with Crippen molar-refractivity contribution >= 4 is 27.7 Å². The van der Waals surface area contributed by atoms with Crippen molar-refractivity contribution in [3.8, 4) is 0 Å². The molecule has 1 aromatic carbocycles. The molecule has 0 saturated heterocycles. The monoisotopic (exact) mass is 506 g/mol. The van der Waals surface area contributed by atoms with Gasteiger partial charge < -0.3 is 16.8 Å². The Kier molecular flexibility index (Phi) is 16.2. The van der Waals surface area contributed by atoms with E-state index in [9.17, 15) is 13.5 Å². The van der Waals surface area contributed by atoms with Gasteiger partial charge in [-0.1, -0.05) is 63.8 Å². The van der Waals surface area contributed by atoms with Gasteiger partial charge in [0.25, 0.3) is 0 Å². The van der Waals surface area contributed by atoms with Crippen LogP contribution in [0.4, 0.5) is 5.69 Å². The van der Waals surface area contributed by atoms with E-state index in [-0.39, 0.29) is 38.5 Å². The minimum absolute atomic E-state index is 0. The van der Waals surface area contributed by atoms with Gasteiger partial charge in [-0.25, -0.2) is 8.42 Å². The van der Waals surface area contributed by atoms with Crippen molar-refractivity contribution in [3.05, 3.63) is 36.8 Å². The minimum Gasteiger partial charge on any atom is -0.412 e. The molecule has 0 aromatic heterocycles. The molecule has 159 valence electrons. The predicted octanol–water partition coefficient (Wildman–Crippen LogP) is 3.85. The molecule has 0 fully saturated rings. The number of anilines is 1. The number of nitrogens with zero attached hydrogens (tertiary/aromatic N) is 1. The first kappa shape index (κ1) is 28.3. The Balaban J connectivity index is 0.00000729. The van der Waals surface area contributed by atoms with E-state index in [4.69, 9.17) is 4.74 Å². The van der Waals surface area contributed by atoms with E-state index in [0.717, 1.165) is 24.8 Å². The Morgan fingerprint density at radius 3 is 2.46 bits per heavy atom. The first-order valence-corrected chi connectivity index (χ1v) is 12.1. The molecule has 1 radical (unpaired) electrons. The minimum atomic E-state index is -3.48. The molecular formula is C19H33N2O4S2Y-. The van der Waals surface area contributed by atoms with Crippen LogP contribution in [0.2, 0.25) is 0 Å². The van der Waals surface area contributed by atoms with Crippen LogP contribution in [0.3, 0.4) is 0 Å². The molecule has 0 bridgehead atoms. The largest absolute Gasteiger partial charge is 0.412 e. The number of unbranched alkanes of at least 4 members (excludes halogenated alkanes) is 2. The summed E-state index contributed by atoms with van der Waals surface area (Å²) in [7, 11) is -3.48. The second-order valence-electron chi connectivity index (χ2n) is 6.24. The van der Waals surface area contributed by atoms with Gasteiger partial charge in [0.1, 0.15) is 0 Å². The van der Waals surface area contributed by atoms with Crippen LogP contribution in [0.15, 0.2) is 24.3 Å². The van der Waals surface area contributed by atoms with E-state index in [1.165, 1.54) is 16.4 Å². The second-order valence-corrected chi connectivity index (χ2v) is 9.05. The van der Waals surface area contributed by atoms with Crippen LogP contribution in [0.5, 0.6) is 0 Å². The fourth-order valence-electron chi connectivity index (χ4n) is 2.51. The van der Waals surface area contributed by atoms with Gasteiger partial charge in [0.2, 0.25) is 10.0 Å². The van der Waals surface area contributed by atoms with E-state index < -0.39 is 16.1 Å².